The van der Waals surface area contributed by atoms with Crippen molar-refractivity contribution >= 4 is 34.8 Å². The molecule has 4 nitrogen and oxygen atoms in total. The summed E-state index contributed by atoms with van der Waals surface area (Å²) in [6.07, 6.45) is 1.25. The molecule has 5 heteroatoms. The Morgan fingerprint density at radius 1 is 1.21 bits per heavy atom. The Morgan fingerprint density at radius 3 is 2.71 bits per heavy atom. The average Bonchev–Trinajstić information content (AvgIpc) is 2.99. The molecular weight excluding hydrogens is 324 g/mol. The molecule has 0 radical (unpaired) electrons. The first-order chi connectivity index (χ1) is 11.5. The molecule has 0 spiro atoms. The monoisotopic (exact) mass is 342 g/mol. The van der Waals surface area contributed by atoms with Crippen molar-refractivity contribution in [3.63, 3.8) is 0 Å². The van der Waals surface area contributed by atoms with E-state index in [1.165, 1.54) is 0 Å². The Bertz CT molecular complexity index is 817. The van der Waals surface area contributed by atoms with Gasteiger partial charge in [-0.3, -0.25) is 9.59 Å². The molecule has 0 atom stereocenters. The van der Waals surface area contributed by atoms with E-state index in [1.54, 1.807) is 17.0 Å². The summed E-state index contributed by atoms with van der Waals surface area (Å²) in [6.45, 7) is 4.48. The molecule has 1 heterocycles. The molecule has 0 aliphatic carbocycles. The molecule has 1 aliphatic rings. The van der Waals surface area contributed by atoms with Crippen molar-refractivity contribution in [1.29, 1.82) is 0 Å². The summed E-state index contributed by atoms with van der Waals surface area (Å²) in [5.74, 6) is -0.0961. The first-order valence-corrected chi connectivity index (χ1v) is 8.38. The second kappa shape index (κ2) is 6.65. The van der Waals surface area contributed by atoms with E-state index in [-0.39, 0.29) is 11.8 Å². The van der Waals surface area contributed by atoms with Gasteiger partial charge in [-0.05, 0) is 54.8 Å². The van der Waals surface area contributed by atoms with Crippen molar-refractivity contribution in [3.8, 4) is 0 Å². The largest absolute Gasteiger partial charge is 0.321 e. The van der Waals surface area contributed by atoms with Gasteiger partial charge in [-0.1, -0.05) is 24.6 Å². The molecule has 0 unspecified atom stereocenters. The number of fused-ring (bicyclic) bond motifs is 1. The lowest BCUT2D eigenvalue weighted by molar-refractivity contribution is -0.118. The number of benzene rings is 2. The van der Waals surface area contributed by atoms with Crippen molar-refractivity contribution in [3.05, 3.63) is 58.1 Å². The number of rotatable bonds is 3. The van der Waals surface area contributed by atoms with Gasteiger partial charge in [-0.25, -0.2) is 0 Å². The summed E-state index contributed by atoms with van der Waals surface area (Å²) < 4.78 is 0. The van der Waals surface area contributed by atoms with Crippen LogP contribution in [0, 0.1) is 6.92 Å². The van der Waals surface area contributed by atoms with Gasteiger partial charge in [0, 0.05) is 24.2 Å². The summed E-state index contributed by atoms with van der Waals surface area (Å²) in [6, 6.07) is 11.0. The van der Waals surface area contributed by atoms with Crippen LogP contribution in [0.5, 0.6) is 0 Å². The lowest BCUT2D eigenvalue weighted by atomic mass is 10.1. The zero-order valence-electron chi connectivity index (χ0n) is 13.7. The fourth-order valence-electron chi connectivity index (χ4n) is 2.91. The number of hydrogen-bond acceptors (Lipinski definition) is 2. The van der Waals surface area contributed by atoms with Gasteiger partial charge in [0.2, 0.25) is 5.91 Å². The molecule has 0 saturated heterocycles. The van der Waals surface area contributed by atoms with E-state index in [2.05, 4.69) is 5.32 Å². The minimum atomic E-state index is -0.205. The molecule has 2 amide bonds. The van der Waals surface area contributed by atoms with Gasteiger partial charge in [-0.2, -0.15) is 0 Å². The lowest BCUT2D eigenvalue weighted by Crippen LogP contribution is -2.27. The van der Waals surface area contributed by atoms with Crippen molar-refractivity contribution in [2.45, 2.75) is 26.7 Å². The molecule has 2 aromatic rings. The van der Waals surface area contributed by atoms with Gasteiger partial charge in [0.1, 0.15) is 0 Å². The molecule has 24 heavy (non-hydrogen) atoms. The van der Waals surface area contributed by atoms with E-state index < -0.39 is 0 Å². The highest BCUT2D eigenvalue weighted by Gasteiger charge is 2.24. The maximum absolute atomic E-state index is 12.5. The molecule has 1 aliphatic heterocycles. The Morgan fingerprint density at radius 2 is 2.00 bits per heavy atom. The highest BCUT2D eigenvalue weighted by atomic mass is 35.5. The van der Waals surface area contributed by atoms with Gasteiger partial charge < -0.3 is 10.2 Å². The third kappa shape index (κ3) is 3.15. The van der Waals surface area contributed by atoms with Gasteiger partial charge in [0.25, 0.3) is 5.91 Å². The number of halogens is 1. The SMILES string of the molecule is CCC(=O)N1CCc2cc(C(=O)Nc3ccc(C)cc3Cl)ccc21. The number of nitrogens with zero attached hydrogens (tertiary/aromatic N) is 1. The van der Waals surface area contributed by atoms with Crippen LogP contribution in [0.15, 0.2) is 36.4 Å². The van der Waals surface area contributed by atoms with Crippen LogP contribution in [-0.2, 0) is 11.2 Å². The fourth-order valence-corrected chi connectivity index (χ4v) is 3.19. The Kier molecular flexibility index (Phi) is 4.58. The predicted octanol–water partition coefficient (Wildman–Crippen LogP) is 4.20. The molecule has 0 fully saturated rings. The molecular formula is C19H19ClN2O2. The van der Waals surface area contributed by atoms with E-state index in [0.717, 1.165) is 23.2 Å². The van der Waals surface area contributed by atoms with Gasteiger partial charge in [-0.15, -0.1) is 0 Å². The first-order valence-electron chi connectivity index (χ1n) is 8.00. The molecule has 124 valence electrons. The van der Waals surface area contributed by atoms with Crippen LogP contribution in [0.1, 0.15) is 34.8 Å². The number of carbonyl (C=O) groups excluding carboxylic acids is 2. The van der Waals surface area contributed by atoms with E-state index in [1.807, 2.05) is 38.1 Å². The van der Waals surface area contributed by atoms with Crippen molar-refractivity contribution in [1.82, 2.24) is 0 Å². The number of carbonyl (C=O) groups is 2. The minimum absolute atomic E-state index is 0.109. The summed E-state index contributed by atoms with van der Waals surface area (Å²) in [4.78, 5) is 26.2. The summed E-state index contributed by atoms with van der Waals surface area (Å²) in [7, 11) is 0. The predicted molar refractivity (Wildman–Crippen MR) is 96.9 cm³/mol. The van der Waals surface area contributed by atoms with Crippen molar-refractivity contribution in [2.75, 3.05) is 16.8 Å². The Hall–Kier alpha value is -2.33. The zero-order valence-corrected chi connectivity index (χ0v) is 14.5. The molecule has 1 N–H and O–H groups in total. The minimum Gasteiger partial charge on any atom is -0.321 e. The van der Waals surface area contributed by atoms with E-state index in [4.69, 9.17) is 11.6 Å². The van der Waals surface area contributed by atoms with E-state index in [9.17, 15) is 9.59 Å². The molecule has 3 rings (SSSR count). The van der Waals surface area contributed by atoms with Crippen LogP contribution < -0.4 is 10.2 Å². The van der Waals surface area contributed by atoms with Gasteiger partial charge >= 0.3 is 0 Å². The van der Waals surface area contributed by atoms with Crippen LogP contribution in [0.2, 0.25) is 5.02 Å². The highest BCUT2D eigenvalue weighted by molar-refractivity contribution is 6.34. The topological polar surface area (TPSA) is 49.4 Å². The second-order valence-corrected chi connectivity index (χ2v) is 6.34. The standard InChI is InChI=1S/C19H19ClN2O2/c1-3-18(23)22-9-8-13-11-14(5-7-17(13)22)19(24)21-16-6-4-12(2)10-15(16)20/h4-7,10-11H,3,8-9H2,1-2H3,(H,21,24). The lowest BCUT2D eigenvalue weighted by Gasteiger charge is -2.16. The number of nitrogens with one attached hydrogen (secondary N) is 1. The first kappa shape index (κ1) is 16.5. The second-order valence-electron chi connectivity index (χ2n) is 5.93. The maximum atomic E-state index is 12.5. The van der Waals surface area contributed by atoms with Crippen LogP contribution in [0.4, 0.5) is 11.4 Å². The number of aryl methyl sites for hydroxylation is 1. The fraction of sp³-hybridized carbons (Fsp3) is 0.263. The highest BCUT2D eigenvalue weighted by Crippen LogP contribution is 2.30. The summed E-state index contributed by atoms with van der Waals surface area (Å²) >= 11 is 6.17. The maximum Gasteiger partial charge on any atom is 0.255 e. The Balaban J connectivity index is 1.81. The summed E-state index contributed by atoms with van der Waals surface area (Å²) in [5, 5.41) is 3.36. The third-order valence-electron chi connectivity index (χ3n) is 4.21. The average molecular weight is 343 g/mol. The third-order valence-corrected chi connectivity index (χ3v) is 4.53. The summed E-state index contributed by atoms with van der Waals surface area (Å²) in [5.41, 5.74) is 4.13. The van der Waals surface area contributed by atoms with Crippen molar-refractivity contribution in [2.24, 2.45) is 0 Å². The van der Waals surface area contributed by atoms with Gasteiger partial charge in [0.05, 0.1) is 10.7 Å². The van der Waals surface area contributed by atoms with Gasteiger partial charge in [0.15, 0.2) is 0 Å². The molecule has 2 aromatic carbocycles. The smallest absolute Gasteiger partial charge is 0.255 e. The number of hydrogen-bond donors (Lipinski definition) is 1. The Labute approximate surface area is 146 Å². The zero-order chi connectivity index (χ0) is 17.3. The normalized spacial score (nSPS) is 12.9. The van der Waals surface area contributed by atoms with Crippen molar-refractivity contribution < 1.29 is 9.59 Å². The number of amides is 2. The molecule has 0 saturated carbocycles. The number of anilines is 2. The van der Waals surface area contributed by atoms with Crippen LogP contribution in [0.25, 0.3) is 0 Å². The van der Waals surface area contributed by atoms with E-state index >= 15 is 0 Å². The van der Waals surface area contributed by atoms with Crippen LogP contribution in [-0.4, -0.2) is 18.4 Å². The van der Waals surface area contributed by atoms with Crippen LogP contribution in [0.3, 0.4) is 0 Å². The quantitative estimate of drug-likeness (QED) is 0.908. The van der Waals surface area contributed by atoms with Crippen LogP contribution >= 0.6 is 11.6 Å². The van der Waals surface area contributed by atoms with E-state index in [0.29, 0.717) is 29.2 Å². The molecule has 0 bridgehead atoms. The molecule has 0 aromatic heterocycles.